The fourth-order valence-corrected chi connectivity index (χ4v) is 2.73. The van der Waals surface area contributed by atoms with Crippen molar-refractivity contribution in [3.05, 3.63) is 67.3 Å². The second-order valence-electron chi connectivity index (χ2n) is 5.80. The first-order valence-corrected chi connectivity index (χ1v) is 8.49. The first-order chi connectivity index (χ1) is 12.7. The highest BCUT2D eigenvalue weighted by atomic mass is 16.5. The second-order valence-corrected chi connectivity index (χ2v) is 5.80. The zero-order chi connectivity index (χ0) is 18.4. The molecule has 0 bridgehead atoms. The number of carbonyl (C=O) groups is 1. The van der Waals surface area contributed by atoms with Gasteiger partial charge in [-0.05, 0) is 12.5 Å². The van der Waals surface area contributed by atoms with Gasteiger partial charge in [0.25, 0.3) is 0 Å². The molecule has 2 heterocycles. The minimum Gasteiger partial charge on any atom is -0.337 e. The van der Waals surface area contributed by atoms with Gasteiger partial charge in [0.15, 0.2) is 0 Å². The monoisotopic (exact) mass is 351 g/mol. The SMILES string of the molecule is C=CCN(Cc1nc(-c2ccccc2)no1)C(=O)[C@H](CC)n1cccn1. The maximum Gasteiger partial charge on any atom is 0.248 e. The Kier molecular flexibility index (Phi) is 5.58. The lowest BCUT2D eigenvalue weighted by Gasteiger charge is -2.24. The van der Waals surface area contributed by atoms with Crippen LogP contribution in [-0.4, -0.2) is 37.3 Å². The molecule has 0 aliphatic rings. The molecule has 0 saturated heterocycles. The predicted molar refractivity (Wildman–Crippen MR) is 96.9 cm³/mol. The van der Waals surface area contributed by atoms with Crippen LogP contribution in [0.4, 0.5) is 0 Å². The van der Waals surface area contributed by atoms with Crippen LogP contribution in [0.25, 0.3) is 11.4 Å². The molecule has 0 aliphatic heterocycles. The first-order valence-electron chi connectivity index (χ1n) is 8.49. The van der Waals surface area contributed by atoms with Crippen LogP contribution in [0, 0.1) is 0 Å². The Morgan fingerprint density at radius 3 is 2.81 bits per heavy atom. The Morgan fingerprint density at radius 1 is 1.35 bits per heavy atom. The van der Waals surface area contributed by atoms with Gasteiger partial charge in [-0.15, -0.1) is 6.58 Å². The second kappa shape index (κ2) is 8.24. The third-order valence-electron chi connectivity index (χ3n) is 4.00. The Balaban J connectivity index is 1.77. The van der Waals surface area contributed by atoms with E-state index in [-0.39, 0.29) is 18.5 Å². The molecule has 0 spiro atoms. The molecular weight excluding hydrogens is 330 g/mol. The van der Waals surface area contributed by atoms with Crippen LogP contribution in [0.3, 0.4) is 0 Å². The standard InChI is InChI=1S/C19H21N5O2/c1-3-12-23(19(25)16(4-2)24-13-8-11-20-24)14-17-21-18(22-26-17)15-9-6-5-7-10-15/h3,5-11,13,16H,1,4,12,14H2,2H3/t16-/m0/s1. The van der Waals surface area contributed by atoms with Crippen molar-refractivity contribution in [1.82, 2.24) is 24.8 Å². The van der Waals surface area contributed by atoms with E-state index in [9.17, 15) is 4.79 Å². The summed E-state index contributed by atoms with van der Waals surface area (Å²) in [5.74, 6) is 0.829. The summed E-state index contributed by atoms with van der Waals surface area (Å²) in [4.78, 5) is 19.0. The molecule has 134 valence electrons. The average Bonchev–Trinajstić information content (AvgIpc) is 3.35. The van der Waals surface area contributed by atoms with E-state index in [0.717, 1.165) is 5.56 Å². The van der Waals surface area contributed by atoms with Crippen molar-refractivity contribution in [3.8, 4) is 11.4 Å². The average molecular weight is 351 g/mol. The summed E-state index contributed by atoms with van der Waals surface area (Å²) in [5.41, 5.74) is 0.868. The van der Waals surface area contributed by atoms with Crippen molar-refractivity contribution >= 4 is 5.91 Å². The molecule has 0 N–H and O–H groups in total. The number of hydrogen-bond donors (Lipinski definition) is 0. The Hall–Kier alpha value is -3.22. The van der Waals surface area contributed by atoms with E-state index in [0.29, 0.717) is 24.7 Å². The predicted octanol–water partition coefficient (Wildman–Crippen LogP) is 3.10. The number of aromatic nitrogens is 4. The smallest absolute Gasteiger partial charge is 0.248 e. The highest BCUT2D eigenvalue weighted by Crippen LogP contribution is 2.18. The summed E-state index contributed by atoms with van der Waals surface area (Å²) in [6.45, 7) is 6.31. The fraction of sp³-hybridized carbons (Fsp3) is 0.263. The Labute approximate surface area is 151 Å². The van der Waals surface area contributed by atoms with E-state index in [4.69, 9.17) is 4.52 Å². The van der Waals surface area contributed by atoms with Crippen LogP contribution in [0.1, 0.15) is 25.3 Å². The van der Waals surface area contributed by atoms with Crippen LogP contribution >= 0.6 is 0 Å². The van der Waals surface area contributed by atoms with Gasteiger partial charge in [-0.1, -0.05) is 48.5 Å². The lowest BCUT2D eigenvalue weighted by molar-refractivity contribution is -0.135. The number of carbonyl (C=O) groups excluding carboxylic acids is 1. The lowest BCUT2D eigenvalue weighted by atomic mass is 10.2. The van der Waals surface area contributed by atoms with Gasteiger partial charge >= 0.3 is 0 Å². The molecule has 0 radical (unpaired) electrons. The zero-order valence-corrected chi connectivity index (χ0v) is 14.7. The van der Waals surface area contributed by atoms with Gasteiger partial charge in [0.2, 0.25) is 17.6 Å². The zero-order valence-electron chi connectivity index (χ0n) is 14.7. The van der Waals surface area contributed by atoms with Crippen LogP contribution in [-0.2, 0) is 11.3 Å². The molecule has 0 fully saturated rings. The fourth-order valence-electron chi connectivity index (χ4n) is 2.73. The molecule has 1 aromatic carbocycles. The molecule has 0 saturated carbocycles. The Bertz CT molecular complexity index is 842. The Morgan fingerprint density at radius 2 is 2.15 bits per heavy atom. The number of amides is 1. The highest BCUT2D eigenvalue weighted by molar-refractivity contribution is 5.80. The van der Waals surface area contributed by atoms with Gasteiger partial charge in [0.05, 0.1) is 0 Å². The van der Waals surface area contributed by atoms with Crippen molar-refractivity contribution in [2.75, 3.05) is 6.54 Å². The molecule has 3 rings (SSSR count). The quantitative estimate of drug-likeness (QED) is 0.583. The molecule has 1 atom stereocenters. The van der Waals surface area contributed by atoms with Gasteiger partial charge in [-0.3, -0.25) is 9.48 Å². The van der Waals surface area contributed by atoms with E-state index in [2.05, 4.69) is 21.8 Å². The van der Waals surface area contributed by atoms with Crippen molar-refractivity contribution in [3.63, 3.8) is 0 Å². The summed E-state index contributed by atoms with van der Waals surface area (Å²) in [6.07, 6.45) is 5.77. The number of rotatable bonds is 8. The summed E-state index contributed by atoms with van der Waals surface area (Å²) in [7, 11) is 0. The molecule has 26 heavy (non-hydrogen) atoms. The molecular formula is C19H21N5O2. The van der Waals surface area contributed by atoms with Crippen molar-refractivity contribution in [2.24, 2.45) is 0 Å². The van der Waals surface area contributed by atoms with Crippen LogP contribution in [0.5, 0.6) is 0 Å². The summed E-state index contributed by atoms with van der Waals surface area (Å²) in [5, 5.41) is 8.20. The molecule has 7 nitrogen and oxygen atoms in total. The van der Waals surface area contributed by atoms with E-state index < -0.39 is 0 Å². The molecule has 2 aromatic heterocycles. The van der Waals surface area contributed by atoms with Crippen LogP contribution in [0.2, 0.25) is 0 Å². The molecule has 0 aliphatic carbocycles. The van der Waals surface area contributed by atoms with E-state index in [1.54, 1.807) is 34.1 Å². The normalized spacial score (nSPS) is 11.9. The summed E-state index contributed by atoms with van der Waals surface area (Å²) < 4.78 is 7.01. The molecule has 1 amide bonds. The molecule has 0 unspecified atom stereocenters. The van der Waals surface area contributed by atoms with E-state index in [1.807, 2.05) is 37.3 Å². The van der Waals surface area contributed by atoms with Crippen LogP contribution < -0.4 is 0 Å². The third-order valence-corrected chi connectivity index (χ3v) is 4.00. The van der Waals surface area contributed by atoms with Crippen molar-refractivity contribution in [2.45, 2.75) is 25.9 Å². The van der Waals surface area contributed by atoms with Gasteiger partial charge in [-0.2, -0.15) is 10.1 Å². The molecule has 7 heteroatoms. The third kappa shape index (κ3) is 3.88. The maximum absolute atomic E-state index is 13.0. The number of benzene rings is 1. The highest BCUT2D eigenvalue weighted by Gasteiger charge is 2.25. The van der Waals surface area contributed by atoms with E-state index in [1.165, 1.54) is 0 Å². The first kappa shape index (κ1) is 17.6. The minimum absolute atomic E-state index is 0.0597. The van der Waals surface area contributed by atoms with Crippen molar-refractivity contribution in [1.29, 1.82) is 0 Å². The van der Waals surface area contributed by atoms with Gasteiger partial charge in [-0.25, -0.2) is 0 Å². The largest absolute Gasteiger partial charge is 0.337 e. The van der Waals surface area contributed by atoms with E-state index >= 15 is 0 Å². The van der Waals surface area contributed by atoms with Crippen LogP contribution in [0.15, 0.2) is 66.0 Å². The summed E-state index contributed by atoms with van der Waals surface area (Å²) >= 11 is 0. The maximum atomic E-state index is 13.0. The van der Waals surface area contributed by atoms with Crippen molar-refractivity contribution < 1.29 is 9.32 Å². The summed E-state index contributed by atoms with van der Waals surface area (Å²) in [6, 6.07) is 11.0. The van der Waals surface area contributed by atoms with Gasteiger partial charge in [0.1, 0.15) is 12.6 Å². The topological polar surface area (TPSA) is 77.0 Å². The van der Waals surface area contributed by atoms with Gasteiger partial charge < -0.3 is 9.42 Å². The number of nitrogens with zero attached hydrogens (tertiary/aromatic N) is 5. The molecule has 3 aromatic rings. The van der Waals surface area contributed by atoms with Gasteiger partial charge in [0, 0.05) is 24.5 Å². The number of hydrogen-bond acceptors (Lipinski definition) is 5. The minimum atomic E-state index is -0.374. The lowest BCUT2D eigenvalue weighted by Crippen LogP contribution is -2.37.